The van der Waals surface area contributed by atoms with Crippen LogP contribution in [0.5, 0.6) is 0 Å². The first-order valence-corrected chi connectivity index (χ1v) is 8.59. The highest BCUT2D eigenvalue weighted by atomic mass is 35.5. The number of anilines is 1. The average Bonchev–Trinajstić information content (AvgIpc) is 2.44. The van der Waals surface area contributed by atoms with Crippen LogP contribution in [0.1, 0.15) is 46.6 Å². The second-order valence-electron chi connectivity index (χ2n) is 6.35. The summed E-state index contributed by atoms with van der Waals surface area (Å²) in [5.41, 5.74) is 2.62. The molecule has 1 unspecified atom stereocenters. The Hall–Kier alpha value is -0.730. The second-order valence-corrected chi connectivity index (χ2v) is 6.79. The summed E-state index contributed by atoms with van der Waals surface area (Å²) in [6.07, 6.45) is 1.21. The summed E-state index contributed by atoms with van der Waals surface area (Å²) < 4.78 is 0. The molecular weight excluding hydrogens is 280 g/mol. The highest BCUT2D eigenvalue weighted by Gasteiger charge is 2.13. The van der Waals surface area contributed by atoms with Crippen LogP contribution in [0.2, 0.25) is 5.02 Å². The molecule has 1 aromatic rings. The lowest BCUT2D eigenvalue weighted by Crippen LogP contribution is -2.30. The number of hydrogen-bond donors (Lipinski definition) is 1. The molecule has 0 aliphatic heterocycles. The van der Waals surface area contributed by atoms with Crippen LogP contribution in [0.4, 0.5) is 5.69 Å². The highest BCUT2D eigenvalue weighted by Crippen LogP contribution is 2.25. The van der Waals surface area contributed by atoms with Crippen LogP contribution in [-0.4, -0.2) is 19.6 Å². The summed E-state index contributed by atoms with van der Waals surface area (Å²) in [4.78, 5) is 2.47. The first-order valence-electron chi connectivity index (χ1n) is 8.21. The van der Waals surface area contributed by atoms with Gasteiger partial charge in [0.15, 0.2) is 0 Å². The molecule has 0 aromatic heterocycles. The molecular formula is C18H31ClN2. The maximum atomic E-state index is 6.19. The molecule has 21 heavy (non-hydrogen) atoms. The van der Waals surface area contributed by atoms with Gasteiger partial charge in [0.2, 0.25) is 0 Å². The van der Waals surface area contributed by atoms with Gasteiger partial charge in [-0.3, -0.25) is 0 Å². The minimum Gasteiger partial charge on any atom is -0.371 e. The average molecular weight is 311 g/mol. The van der Waals surface area contributed by atoms with Gasteiger partial charge in [-0.25, -0.2) is 0 Å². The Labute approximate surface area is 135 Å². The molecule has 1 N–H and O–H groups in total. The monoisotopic (exact) mass is 310 g/mol. The Morgan fingerprint density at radius 2 is 1.90 bits per heavy atom. The summed E-state index contributed by atoms with van der Waals surface area (Å²) in [6, 6.07) is 6.27. The van der Waals surface area contributed by atoms with Gasteiger partial charge in [0, 0.05) is 30.3 Å². The van der Waals surface area contributed by atoms with E-state index in [0.29, 0.717) is 11.8 Å². The van der Waals surface area contributed by atoms with Crippen LogP contribution < -0.4 is 10.2 Å². The van der Waals surface area contributed by atoms with Crippen molar-refractivity contribution in [2.24, 2.45) is 11.8 Å². The van der Waals surface area contributed by atoms with Gasteiger partial charge in [-0.05, 0) is 49.1 Å². The number of benzene rings is 1. The first kappa shape index (κ1) is 18.3. The van der Waals surface area contributed by atoms with Gasteiger partial charge in [0.05, 0.1) is 0 Å². The first-order chi connectivity index (χ1) is 9.97. The number of halogens is 1. The third-order valence-electron chi connectivity index (χ3n) is 3.86. The molecule has 120 valence electrons. The second kappa shape index (κ2) is 9.32. The molecule has 0 saturated carbocycles. The zero-order chi connectivity index (χ0) is 15.8. The van der Waals surface area contributed by atoms with Crippen LogP contribution >= 0.6 is 11.6 Å². The lowest BCUT2D eigenvalue weighted by molar-refractivity contribution is 0.540. The quantitative estimate of drug-likeness (QED) is 0.693. The molecule has 0 bridgehead atoms. The summed E-state index contributed by atoms with van der Waals surface area (Å²) in [6.45, 7) is 15.3. The molecule has 1 rings (SSSR count). The fraction of sp³-hybridized carbons (Fsp3) is 0.667. The zero-order valence-corrected chi connectivity index (χ0v) is 15.0. The molecule has 0 radical (unpaired) electrons. The molecule has 0 spiro atoms. The smallest absolute Gasteiger partial charge is 0.0412 e. The van der Waals surface area contributed by atoms with E-state index in [-0.39, 0.29) is 0 Å². The minimum absolute atomic E-state index is 0.662. The summed E-state index contributed by atoms with van der Waals surface area (Å²) in [5.74, 6) is 1.37. The van der Waals surface area contributed by atoms with E-state index in [4.69, 9.17) is 11.6 Å². The summed E-state index contributed by atoms with van der Waals surface area (Å²) in [7, 11) is 0. The molecule has 0 aliphatic rings. The molecule has 1 atom stereocenters. The van der Waals surface area contributed by atoms with Gasteiger partial charge < -0.3 is 10.2 Å². The van der Waals surface area contributed by atoms with E-state index < -0.39 is 0 Å². The van der Waals surface area contributed by atoms with Crippen LogP contribution in [0, 0.1) is 11.8 Å². The fourth-order valence-corrected chi connectivity index (χ4v) is 2.60. The van der Waals surface area contributed by atoms with Crippen molar-refractivity contribution in [2.45, 2.75) is 47.6 Å². The van der Waals surface area contributed by atoms with Crippen molar-refractivity contribution in [3.63, 3.8) is 0 Å². The third-order valence-corrected chi connectivity index (χ3v) is 4.10. The largest absolute Gasteiger partial charge is 0.371 e. The van der Waals surface area contributed by atoms with Gasteiger partial charge in [-0.2, -0.15) is 0 Å². The Balaban J connectivity index is 2.87. The molecule has 0 amide bonds. The predicted octanol–water partition coefficient (Wildman–Crippen LogP) is 4.96. The van der Waals surface area contributed by atoms with Crippen molar-refractivity contribution in [1.82, 2.24) is 5.32 Å². The van der Waals surface area contributed by atoms with Gasteiger partial charge >= 0.3 is 0 Å². The van der Waals surface area contributed by atoms with Crippen molar-refractivity contribution >= 4 is 17.3 Å². The van der Waals surface area contributed by atoms with Gasteiger partial charge in [-0.1, -0.05) is 45.7 Å². The molecule has 2 nitrogen and oxygen atoms in total. The Morgan fingerprint density at radius 3 is 2.48 bits per heavy atom. The van der Waals surface area contributed by atoms with Crippen molar-refractivity contribution in [2.75, 3.05) is 24.5 Å². The van der Waals surface area contributed by atoms with E-state index in [1.165, 1.54) is 17.7 Å². The summed E-state index contributed by atoms with van der Waals surface area (Å²) in [5, 5.41) is 4.35. The van der Waals surface area contributed by atoms with Crippen molar-refractivity contribution in [1.29, 1.82) is 0 Å². The van der Waals surface area contributed by atoms with Crippen LogP contribution in [0.3, 0.4) is 0 Å². The minimum atomic E-state index is 0.662. The predicted molar refractivity (Wildman–Crippen MR) is 95.3 cm³/mol. The maximum absolute atomic E-state index is 6.19. The standard InChI is InChI=1S/C18H31ClN2/c1-6-15(5)13-21(7-2)18-9-8-17(19)10-16(18)12-20-11-14(3)4/h8-10,14-15,20H,6-7,11-13H2,1-5H3. The molecule has 1 aromatic carbocycles. The molecule has 0 fully saturated rings. The van der Waals surface area contributed by atoms with Crippen molar-refractivity contribution in [3.05, 3.63) is 28.8 Å². The molecule has 3 heteroatoms. The van der Waals surface area contributed by atoms with E-state index in [0.717, 1.165) is 31.2 Å². The van der Waals surface area contributed by atoms with E-state index >= 15 is 0 Å². The lowest BCUT2D eigenvalue weighted by Gasteiger charge is -2.28. The third kappa shape index (κ3) is 6.27. The normalized spacial score (nSPS) is 12.7. The van der Waals surface area contributed by atoms with Crippen molar-refractivity contribution < 1.29 is 0 Å². The lowest BCUT2D eigenvalue weighted by atomic mass is 10.1. The SMILES string of the molecule is CCC(C)CN(CC)c1ccc(Cl)cc1CNCC(C)C. The Morgan fingerprint density at radius 1 is 1.19 bits per heavy atom. The van der Waals surface area contributed by atoms with Crippen LogP contribution in [0.15, 0.2) is 18.2 Å². The number of nitrogens with zero attached hydrogens (tertiary/aromatic N) is 1. The number of rotatable bonds is 9. The topological polar surface area (TPSA) is 15.3 Å². The van der Waals surface area contributed by atoms with Gasteiger partial charge in [0.25, 0.3) is 0 Å². The maximum Gasteiger partial charge on any atom is 0.0412 e. The van der Waals surface area contributed by atoms with Gasteiger partial charge in [-0.15, -0.1) is 0 Å². The Bertz CT molecular complexity index is 418. The molecule has 0 heterocycles. The molecule has 0 saturated heterocycles. The Kier molecular flexibility index (Phi) is 8.13. The van der Waals surface area contributed by atoms with Crippen LogP contribution in [0.25, 0.3) is 0 Å². The number of nitrogens with one attached hydrogen (secondary N) is 1. The zero-order valence-electron chi connectivity index (χ0n) is 14.2. The summed E-state index contributed by atoms with van der Waals surface area (Å²) >= 11 is 6.19. The van der Waals surface area contributed by atoms with E-state index in [9.17, 15) is 0 Å². The highest BCUT2D eigenvalue weighted by molar-refractivity contribution is 6.30. The fourth-order valence-electron chi connectivity index (χ4n) is 2.40. The van der Waals surface area contributed by atoms with E-state index in [1.807, 2.05) is 6.07 Å². The number of hydrogen-bond acceptors (Lipinski definition) is 2. The molecule has 0 aliphatic carbocycles. The van der Waals surface area contributed by atoms with Gasteiger partial charge in [0.1, 0.15) is 0 Å². The van der Waals surface area contributed by atoms with E-state index in [2.05, 4.69) is 57.0 Å². The van der Waals surface area contributed by atoms with Crippen LogP contribution in [-0.2, 0) is 6.54 Å². The van der Waals surface area contributed by atoms with Crippen molar-refractivity contribution in [3.8, 4) is 0 Å². The van der Waals surface area contributed by atoms with E-state index in [1.54, 1.807) is 0 Å².